The number of amides is 2. The molecule has 0 saturated heterocycles. The van der Waals surface area contributed by atoms with Gasteiger partial charge in [0.1, 0.15) is 11.7 Å². The van der Waals surface area contributed by atoms with Crippen molar-refractivity contribution in [3.8, 4) is 0 Å². The van der Waals surface area contributed by atoms with Crippen molar-refractivity contribution < 1.29 is 33.8 Å². The van der Waals surface area contributed by atoms with E-state index in [2.05, 4.69) is 10.6 Å². The van der Waals surface area contributed by atoms with Crippen LogP contribution in [0.5, 0.6) is 0 Å². The van der Waals surface area contributed by atoms with Gasteiger partial charge in [-0.1, -0.05) is 38.5 Å². The van der Waals surface area contributed by atoms with Crippen molar-refractivity contribution in [3.63, 3.8) is 0 Å². The van der Waals surface area contributed by atoms with Crippen LogP contribution >= 0.6 is 11.8 Å². The smallest absolute Gasteiger partial charge is 0.407 e. The molecule has 1 unspecified atom stereocenters. The highest BCUT2D eigenvalue weighted by molar-refractivity contribution is 8.13. The highest BCUT2D eigenvalue weighted by atomic mass is 32.2. The minimum absolute atomic E-state index is 0.0485. The van der Waals surface area contributed by atoms with Crippen molar-refractivity contribution in [3.05, 3.63) is 11.1 Å². The number of carboxylic acids is 1. The van der Waals surface area contributed by atoms with Crippen molar-refractivity contribution in [2.24, 2.45) is 0 Å². The van der Waals surface area contributed by atoms with Crippen LogP contribution in [0.1, 0.15) is 99.8 Å². The molecule has 9 nitrogen and oxygen atoms in total. The first kappa shape index (κ1) is 33.0. The highest BCUT2D eigenvalue weighted by Gasteiger charge is 2.43. The second kappa shape index (κ2) is 16.0. The third-order valence-corrected chi connectivity index (χ3v) is 7.04. The van der Waals surface area contributed by atoms with Gasteiger partial charge in [0.05, 0.1) is 18.2 Å². The van der Waals surface area contributed by atoms with E-state index in [9.17, 15) is 24.3 Å². The molecule has 10 heteroatoms. The number of nitrogens with one attached hydrogen (secondary N) is 2. The molecule has 0 saturated carbocycles. The van der Waals surface area contributed by atoms with Gasteiger partial charge in [0, 0.05) is 31.6 Å². The molecule has 3 N–H and O–H groups in total. The lowest BCUT2D eigenvalue weighted by molar-refractivity contribution is -0.133. The Kier molecular flexibility index (Phi) is 14.3. The largest absolute Gasteiger partial charge is 0.478 e. The molecule has 0 heterocycles. The van der Waals surface area contributed by atoms with E-state index in [0.29, 0.717) is 12.0 Å². The van der Waals surface area contributed by atoms with E-state index < -0.39 is 35.9 Å². The Morgan fingerprint density at radius 2 is 1.65 bits per heavy atom. The van der Waals surface area contributed by atoms with Crippen molar-refractivity contribution >= 4 is 34.8 Å². The molecule has 0 aromatic carbocycles. The molecule has 0 bridgehead atoms. The maximum atomic E-state index is 12.6. The molecule has 2 amide bonds. The standard InChI is InChI=1S/C27H46N2O7S/c1-8-19(9-2)35-24-20(14-12-10-11-13-15-37-18(4)31)21(25(32)33)16-22(23(24)28-17(3)30)29-26(34)36-27(5,6)7/h19,22-24H,8-16H2,1-7H3,(H,28,30)(H,29,34)(H,32,33)/t22-,23?,24+/m0/s1. The van der Waals surface area contributed by atoms with Crippen LogP contribution in [0.15, 0.2) is 11.1 Å². The van der Waals surface area contributed by atoms with Crippen LogP contribution < -0.4 is 10.6 Å². The Morgan fingerprint density at radius 3 is 2.16 bits per heavy atom. The summed E-state index contributed by atoms with van der Waals surface area (Å²) in [7, 11) is 0. The van der Waals surface area contributed by atoms with Crippen LogP contribution in [-0.4, -0.2) is 63.8 Å². The van der Waals surface area contributed by atoms with Gasteiger partial charge in [-0.25, -0.2) is 9.59 Å². The van der Waals surface area contributed by atoms with Gasteiger partial charge >= 0.3 is 12.1 Å². The lowest BCUT2D eigenvalue weighted by atomic mass is 9.79. The van der Waals surface area contributed by atoms with Crippen molar-refractivity contribution in [1.82, 2.24) is 10.6 Å². The molecule has 1 rings (SSSR count). The predicted molar refractivity (Wildman–Crippen MR) is 146 cm³/mol. The van der Waals surface area contributed by atoms with E-state index in [1.54, 1.807) is 27.7 Å². The van der Waals surface area contributed by atoms with Gasteiger partial charge in [0.15, 0.2) is 5.12 Å². The summed E-state index contributed by atoms with van der Waals surface area (Å²) in [6, 6.07) is -1.35. The molecule has 0 spiro atoms. The number of carboxylic acid groups (broad SMARTS) is 1. The number of rotatable bonds is 14. The van der Waals surface area contributed by atoms with Crippen LogP contribution in [0.4, 0.5) is 4.79 Å². The molecule has 0 radical (unpaired) electrons. The molecule has 37 heavy (non-hydrogen) atoms. The van der Waals surface area contributed by atoms with E-state index in [1.807, 2.05) is 13.8 Å². The van der Waals surface area contributed by atoms with Crippen molar-refractivity contribution in [2.45, 2.75) is 130 Å². The zero-order chi connectivity index (χ0) is 28.2. The van der Waals surface area contributed by atoms with Gasteiger partial charge in [-0.3, -0.25) is 9.59 Å². The fraction of sp³-hybridized carbons (Fsp3) is 0.778. The van der Waals surface area contributed by atoms with Gasteiger partial charge in [-0.2, -0.15) is 0 Å². The van der Waals surface area contributed by atoms with Crippen LogP contribution in [0, 0.1) is 0 Å². The van der Waals surface area contributed by atoms with E-state index in [4.69, 9.17) is 9.47 Å². The molecule has 0 fully saturated rings. The SMILES string of the molecule is CCC(CC)O[C@@H]1C(CCCCCCSC(C)=O)=C(C(=O)O)C[C@H](NC(=O)OC(C)(C)C)C1NC(C)=O. The molecular weight excluding hydrogens is 496 g/mol. The third-order valence-electron chi connectivity index (χ3n) is 6.14. The monoisotopic (exact) mass is 542 g/mol. The number of hydrogen-bond acceptors (Lipinski definition) is 7. The first-order chi connectivity index (χ1) is 17.3. The number of ether oxygens (including phenoxy) is 2. The molecule has 0 aliphatic heterocycles. The molecular formula is C27H46N2O7S. The molecule has 1 aliphatic rings. The van der Waals surface area contributed by atoms with E-state index in [-0.39, 0.29) is 29.1 Å². The summed E-state index contributed by atoms with van der Waals surface area (Å²) in [6.45, 7) is 12.2. The van der Waals surface area contributed by atoms with Crippen LogP contribution in [-0.2, 0) is 23.9 Å². The summed E-state index contributed by atoms with van der Waals surface area (Å²) in [5, 5.41) is 16.0. The Hall–Kier alpha value is -2.07. The van der Waals surface area contributed by atoms with Crippen LogP contribution in [0.2, 0.25) is 0 Å². The number of carbonyl (C=O) groups excluding carboxylic acids is 3. The number of hydrogen-bond donors (Lipinski definition) is 3. The third kappa shape index (κ3) is 12.3. The second-order valence-electron chi connectivity index (χ2n) is 10.5. The topological polar surface area (TPSA) is 131 Å². The lowest BCUT2D eigenvalue weighted by Gasteiger charge is -2.42. The molecule has 3 atom stereocenters. The highest BCUT2D eigenvalue weighted by Crippen LogP contribution is 2.34. The fourth-order valence-electron chi connectivity index (χ4n) is 4.45. The maximum Gasteiger partial charge on any atom is 0.407 e. The number of thioether (sulfide) groups is 1. The van der Waals surface area contributed by atoms with Gasteiger partial charge in [-0.05, 0) is 58.4 Å². The predicted octanol–water partition coefficient (Wildman–Crippen LogP) is 4.97. The summed E-state index contributed by atoms with van der Waals surface area (Å²) in [4.78, 5) is 48.3. The summed E-state index contributed by atoms with van der Waals surface area (Å²) >= 11 is 1.32. The van der Waals surface area contributed by atoms with Crippen molar-refractivity contribution in [2.75, 3.05) is 5.75 Å². The minimum atomic E-state index is -1.05. The Morgan fingerprint density at radius 1 is 1.03 bits per heavy atom. The van der Waals surface area contributed by atoms with Crippen molar-refractivity contribution in [1.29, 1.82) is 0 Å². The fourth-order valence-corrected chi connectivity index (χ4v) is 5.08. The number of alkyl carbamates (subject to hydrolysis) is 1. The zero-order valence-electron chi connectivity index (χ0n) is 23.5. The van der Waals surface area contributed by atoms with Gasteiger partial charge < -0.3 is 25.2 Å². The minimum Gasteiger partial charge on any atom is -0.478 e. The van der Waals surface area contributed by atoms with Crippen LogP contribution in [0.3, 0.4) is 0 Å². The number of carbonyl (C=O) groups is 4. The first-order valence-corrected chi connectivity index (χ1v) is 14.3. The average molecular weight is 543 g/mol. The maximum absolute atomic E-state index is 12.6. The molecule has 1 aliphatic carbocycles. The summed E-state index contributed by atoms with van der Waals surface area (Å²) in [6.07, 6.45) is 4.02. The Labute approximate surface area is 225 Å². The summed E-state index contributed by atoms with van der Waals surface area (Å²) in [5.41, 5.74) is 0.150. The number of aliphatic carboxylic acids is 1. The summed E-state index contributed by atoms with van der Waals surface area (Å²) < 4.78 is 11.9. The van der Waals surface area contributed by atoms with Gasteiger partial charge in [0.2, 0.25) is 5.91 Å². The van der Waals surface area contributed by atoms with Crippen LogP contribution in [0.25, 0.3) is 0 Å². The van der Waals surface area contributed by atoms with E-state index in [0.717, 1.165) is 44.3 Å². The lowest BCUT2D eigenvalue weighted by Crippen LogP contribution is -2.61. The first-order valence-electron chi connectivity index (χ1n) is 13.3. The van der Waals surface area contributed by atoms with E-state index >= 15 is 0 Å². The second-order valence-corrected chi connectivity index (χ2v) is 11.8. The number of unbranched alkanes of at least 4 members (excludes halogenated alkanes) is 3. The Bertz CT molecular complexity index is 818. The molecule has 0 aromatic heterocycles. The van der Waals surface area contributed by atoms with Gasteiger partial charge in [0.25, 0.3) is 0 Å². The summed E-state index contributed by atoms with van der Waals surface area (Å²) in [5.74, 6) is -0.565. The zero-order valence-corrected chi connectivity index (χ0v) is 24.3. The normalized spacial score (nSPS) is 20.1. The van der Waals surface area contributed by atoms with Gasteiger partial charge in [-0.15, -0.1) is 0 Å². The molecule has 0 aromatic rings. The Balaban J connectivity index is 3.25. The molecule has 212 valence electrons. The quantitative estimate of drug-likeness (QED) is 0.262. The van der Waals surface area contributed by atoms with E-state index in [1.165, 1.54) is 18.7 Å². The average Bonchev–Trinajstić information content (AvgIpc) is 2.77.